The molecule has 1 saturated heterocycles. The molecule has 0 unspecified atom stereocenters. The fourth-order valence-electron chi connectivity index (χ4n) is 2.08. The average molecular weight is 275 g/mol. The lowest BCUT2D eigenvalue weighted by molar-refractivity contribution is 0.282. The van der Waals surface area contributed by atoms with E-state index in [0.29, 0.717) is 18.0 Å². The van der Waals surface area contributed by atoms with Crippen LogP contribution in [0.4, 0.5) is 0 Å². The van der Waals surface area contributed by atoms with Crippen molar-refractivity contribution in [3.8, 4) is 0 Å². The molecule has 1 N–H and O–H groups in total. The summed E-state index contributed by atoms with van der Waals surface area (Å²) in [5.41, 5.74) is 0.0441. The zero-order chi connectivity index (χ0) is 12.7. The Labute approximate surface area is 106 Å². The van der Waals surface area contributed by atoms with Crippen LogP contribution in [0.1, 0.15) is 25.1 Å². The van der Waals surface area contributed by atoms with Crippen LogP contribution in [0.5, 0.6) is 0 Å². The van der Waals surface area contributed by atoms with E-state index in [4.69, 9.17) is 5.11 Å². The Morgan fingerprint density at radius 3 is 2.76 bits per heavy atom. The Balaban J connectivity index is 2.32. The first-order chi connectivity index (χ1) is 7.87. The molecule has 0 aliphatic carbocycles. The van der Waals surface area contributed by atoms with Crippen LogP contribution in [0, 0.1) is 5.41 Å². The first-order valence-corrected chi connectivity index (χ1v) is 7.86. The Morgan fingerprint density at radius 1 is 1.53 bits per heavy atom. The van der Waals surface area contributed by atoms with Gasteiger partial charge in [0, 0.05) is 18.0 Å². The van der Waals surface area contributed by atoms with Gasteiger partial charge in [0.1, 0.15) is 0 Å². The molecule has 0 radical (unpaired) electrons. The Kier molecular flexibility index (Phi) is 3.33. The van der Waals surface area contributed by atoms with E-state index in [1.165, 1.54) is 15.6 Å². The van der Waals surface area contributed by atoms with E-state index in [-0.39, 0.29) is 16.9 Å². The van der Waals surface area contributed by atoms with E-state index in [1.54, 1.807) is 11.4 Å². The van der Waals surface area contributed by atoms with Crippen LogP contribution >= 0.6 is 11.3 Å². The monoisotopic (exact) mass is 275 g/mol. The summed E-state index contributed by atoms with van der Waals surface area (Å²) in [7, 11) is -3.43. The molecule has 0 bridgehead atoms. The van der Waals surface area contributed by atoms with Gasteiger partial charge in [0.15, 0.2) is 0 Å². The molecule has 4 nitrogen and oxygen atoms in total. The van der Waals surface area contributed by atoms with E-state index in [9.17, 15) is 8.42 Å². The van der Waals surface area contributed by atoms with Crippen molar-refractivity contribution in [2.75, 3.05) is 13.1 Å². The minimum Gasteiger partial charge on any atom is -0.391 e. The molecule has 0 aromatic carbocycles. The first kappa shape index (κ1) is 13.0. The van der Waals surface area contributed by atoms with Gasteiger partial charge in [-0.1, -0.05) is 13.8 Å². The Hall–Kier alpha value is -0.430. The average Bonchev–Trinajstić information content (AvgIpc) is 2.83. The predicted octanol–water partition coefficient (Wildman–Crippen LogP) is 1.66. The van der Waals surface area contributed by atoms with E-state index in [1.807, 2.05) is 0 Å². The molecule has 2 rings (SSSR count). The van der Waals surface area contributed by atoms with Gasteiger partial charge in [-0.25, -0.2) is 8.42 Å². The van der Waals surface area contributed by atoms with E-state index >= 15 is 0 Å². The molecule has 2 heterocycles. The highest BCUT2D eigenvalue weighted by molar-refractivity contribution is 7.89. The summed E-state index contributed by atoms with van der Waals surface area (Å²) < 4.78 is 26.3. The number of rotatable bonds is 3. The summed E-state index contributed by atoms with van der Waals surface area (Å²) in [5, 5.41) is 10.9. The zero-order valence-electron chi connectivity index (χ0n) is 10.0. The Bertz CT molecular complexity index is 505. The van der Waals surface area contributed by atoms with Gasteiger partial charge in [0.05, 0.1) is 11.5 Å². The highest BCUT2D eigenvalue weighted by Crippen LogP contribution is 2.34. The molecule has 6 heteroatoms. The van der Waals surface area contributed by atoms with Gasteiger partial charge in [0.2, 0.25) is 10.0 Å². The summed E-state index contributed by atoms with van der Waals surface area (Å²) in [5.74, 6) is 0. The lowest BCUT2D eigenvalue weighted by atomic mass is 9.93. The van der Waals surface area contributed by atoms with Gasteiger partial charge in [-0.05, 0) is 23.3 Å². The van der Waals surface area contributed by atoms with Gasteiger partial charge >= 0.3 is 0 Å². The van der Waals surface area contributed by atoms with Crippen molar-refractivity contribution in [1.29, 1.82) is 0 Å². The van der Waals surface area contributed by atoms with Crippen molar-refractivity contribution < 1.29 is 13.5 Å². The number of sulfonamides is 1. The fraction of sp³-hybridized carbons (Fsp3) is 0.636. The maximum absolute atomic E-state index is 12.4. The minimum atomic E-state index is -3.43. The van der Waals surface area contributed by atoms with Crippen molar-refractivity contribution >= 4 is 21.4 Å². The van der Waals surface area contributed by atoms with E-state index in [2.05, 4.69) is 13.8 Å². The summed E-state index contributed by atoms with van der Waals surface area (Å²) in [6.45, 7) is 5.04. The second-order valence-corrected chi connectivity index (χ2v) is 8.03. The predicted molar refractivity (Wildman–Crippen MR) is 67.4 cm³/mol. The second-order valence-electron chi connectivity index (χ2n) is 5.12. The second kappa shape index (κ2) is 4.35. The molecule has 0 saturated carbocycles. The lowest BCUT2D eigenvalue weighted by Crippen LogP contribution is -2.30. The van der Waals surface area contributed by atoms with Crippen LogP contribution in [-0.2, 0) is 16.6 Å². The molecule has 1 aromatic rings. The summed E-state index contributed by atoms with van der Waals surface area (Å²) in [6.07, 6.45) is 0.880. The molecule has 1 aliphatic heterocycles. The van der Waals surface area contributed by atoms with Crippen molar-refractivity contribution in [3.05, 3.63) is 16.3 Å². The van der Waals surface area contributed by atoms with E-state index < -0.39 is 10.0 Å². The molecule has 1 fully saturated rings. The van der Waals surface area contributed by atoms with Gasteiger partial charge in [0.25, 0.3) is 0 Å². The van der Waals surface area contributed by atoms with Gasteiger partial charge in [-0.2, -0.15) is 4.31 Å². The molecule has 1 aromatic heterocycles. The highest BCUT2D eigenvalue weighted by atomic mass is 32.2. The third-order valence-corrected chi connectivity index (χ3v) is 6.07. The van der Waals surface area contributed by atoms with Gasteiger partial charge in [-0.15, -0.1) is 11.3 Å². The van der Waals surface area contributed by atoms with Crippen molar-refractivity contribution in [3.63, 3.8) is 0 Å². The van der Waals surface area contributed by atoms with E-state index in [0.717, 1.165) is 6.42 Å². The van der Waals surface area contributed by atoms with Crippen molar-refractivity contribution in [1.82, 2.24) is 4.31 Å². The van der Waals surface area contributed by atoms with Crippen molar-refractivity contribution in [2.45, 2.75) is 31.8 Å². The topological polar surface area (TPSA) is 57.6 Å². The zero-order valence-corrected chi connectivity index (χ0v) is 11.6. The van der Waals surface area contributed by atoms with Crippen LogP contribution < -0.4 is 0 Å². The molecule has 1 aliphatic rings. The summed E-state index contributed by atoms with van der Waals surface area (Å²) >= 11 is 1.28. The quantitative estimate of drug-likeness (QED) is 0.912. The third-order valence-electron chi connectivity index (χ3n) is 3.11. The SMILES string of the molecule is CC1(C)CCN(S(=O)(=O)c2ccsc2CO)C1. The van der Waals surface area contributed by atoms with Crippen LogP contribution in [-0.4, -0.2) is 30.9 Å². The standard InChI is InChI=1S/C11H17NO3S2/c1-11(2)4-5-12(8-11)17(14,15)10-3-6-16-9(10)7-13/h3,6,13H,4-5,7-8H2,1-2H3. The third kappa shape index (κ3) is 2.40. The summed E-state index contributed by atoms with van der Waals surface area (Å²) in [4.78, 5) is 0.789. The number of hydrogen-bond donors (Lipinski definition) is 1. The molecular formula is C11H17NO3S2. The van der Waals surface area contributed by atoms with Crippen LogP contribution in [0.15, 0.2) is 16.3 Å². The minimum absolute atomic E-state index is 0.0441. The van der Waals surface area contributed by atoms with Crippen molar-refractivity contribution in [2.24, 2.45) is 5.41 Å². The molecule has 0 atom stereocenters. The molecule has 0 amide bonds. The first-order valence-electron chi connectivity index (χ1n) is 5.54. The smallest absolute Gasteiger partial charge is 0.244 e. The largest absolute Gasteiger partial charge is 0.391 e. The maximum atomic E-state index is 12.4. The van der Waals surface area contributed by atoms with Crippen LogP contribution in [0.2, 0.25) is 0 Å². The number of nitrogens with zero attached hydrogens (tertiary/aromatic N) is 1. The Morgan fingerprint density at radius 2 is 2.24 bits per heavy atom. The number of hydrogen-bond acceptors (Lipinski definition) is 4. The van der Waals surface area contributed by atoms with Gasteiger partial charge < -0.3 is 5.11 Å². The molecular weight excluding hydrogens is 258 g/mol. The van der Waals surface area contributed by atoms with Crippen LogP contribution in [0.3, 0.4) is 0 Å². The number of aliphatic hydroxyl groups excluding tert-OH is 1. The molecule has 96 valence electrons. The van der Waals surface area contributed by atoms with Gasteiger partial charge in [-0.3, -0.25) is 0 Å². The molecule has 17 heavy (non-hydrogen) atoms. The van der Waals surface area contributed by atoms with Crippen LogP contribution in [0.25, 0.3) is 0 Å². The summed E-state index contributed by atoms with van der Waals surface area (Å²) in [6, 6.07) is 1.58. The normalized spacial score (nSPS) is 20.9. The maximum Gasteiger partial charge on any atom is 0.244 e. The lowest BCUT2D eigenvalue weighted by Gasteiger charge is -2.19. The highest BCUT2D eigenvalue weighted by Gasteiger charge is 2.37. The molecule has 0 spiro atoms. The number of aliphatic hydroxyl groups is 1. The number of thiophene rings is 1. The fourth-order valence-corrected chi connectivity index (χ4v) is 4.98.